The van der Waals surface area contributed by atoms with Gasteiger partial charge in [-0.15, -0.1) is 0 Å². The SMILES string of the molecule is CCS(=O)(=O)N(C)C1CCN(C(=O)Cn2cnc3c2CCCC3)CC1. The Bertz CT molecular complexity index is 720. The molecule has 0 radical (unpaired) electrons. The summed E-state index contributed by atoms with van der Waals surface area (Å²) >= 11 is 0. The number of amides is 1. The van der Waals surface area contributed by atoms with E-state index >= 15 is 0 Å². The summed E-state index contributed by atoms with van der Waals surface area (Å²) < 4.78 is 27.5. The Morgan fingerprint density at radius 2 is 1.96 bits per heavy atom. The van der Waals surface area contributed by atoms with Crippen LogP contribution >= 0.6 is 0 Å². The standard InChI is InChI=1S/C17H28N4O3S/c1-3-25(23,24)19(2)14-8-10-20(11-9-14)17(22)12-21-13-18-15-6-4-5-7-16(15)21/h13-14H,3-12H2,1-2H3. The Labute approximate surface area is 150 Å². The van der Waals surface area contributed by atoms with Gasteiger partial charge in [-0.3, -0.25) is 4.79 Å². The smallest absolute Gasteiger partial charge is 0.242 e. The van der Waals surface area contributed by atoms with Crippen molar-refractivity contribution in [2.45, 2.75) is 58.0 Å². The lowest BCUT2D eigenvalue weighted by atomic mass is 10.0. The number of fused-ring (bicyclic) bond motifs is 1. The van der Waals surface area contributed by atoms with Gasteiger partial charge >= 0.3 is 0 Å². The van der Waals surface area contributed by atoms with Crippen molar-refractivity contribution in [3.05, 3.63) is 17.7 Å². The van der Waals surface area contributed by atoms with Gasteiger partial charge in [-0.05, 0) is 45.4 Å². The van der Waals surface area contributed by atoms with E-state index in [2.05, 4.69) is 4.98 Å². The highest BCUT2D eigenvalue weighted by Gasteiger charge is 2.30. The van der Waals surface area contributed by atoms with E-state index in [0.29, 0.717) is 32.5 Å². The summed E-state index contributed by atoms with van der Waals surface area (Å²) in [7, 11) is -1.52. The molecule has 3 rings (SSSR count). The molecule has 0 atom stereocenters. The molecule has 140 valence electrons. The first-order valence-electron chi connectivity index (χ1n) is 9.18. The largest absolute Gasteiger partial charge is 0.341 e. The molecule has 25 heavy (non-hydrogen) atoms. The van der Waals surface area contributed by atoms with Gasteiger partial charge in [0.25, 0.3) is 0 Å². The molecule has 7 nitrogen and oxygen atoms in total. The van der Waals surface area contributed by atoms with E-state index in [1.807, 2.05) is 9.47 Å². The van der Waals surface area contributed by atoms with E-state index in [4.69, 9.17) is 0 Å². The predicted molar refractivity (Wildman–Crippen MR) is 95.7 cm³/mol. The number of aromatic nitrogens is 2. The van der Waals surface area contributed by atoms with Crippen molar-refractivity contribution in [3.63, 3.8) is 0 Å². The van der Waals surface area contributed by atoms with Crippen molar-refractivity contribution >= 4 is 15.9 Å². The maximum absolute atomic E-state index is 12.6. The molecule has 1 aliphatic heterocycles. The number of hydrogen-bond donors (Lipinski definition) is 0. The molecule has 0 saturated carbocycles. The van der Waals surface area contributed by atoms with E-state index in [9.17, 15) is 13.2 Å². The van der Waals surface area contributed by atoms with Gasteiger partial charge < -0.3 is 9.47 Å². The average molecular weight is 369 g/mol. The molecule has 0 aromatic carbocycles. The fourth-order valence-electron chi connectivity index (χ4n) is 3.82. The van der Waals surface area contributed by atoms with Crippen LogP contribution in [0.15, 0.2) is 6.33 Å². The summed E-state index contributed by atoms with van der Waals surface area (Å²) in [5, 5.41) is 0. The lowest BCUT2D eigenvalue weighted by molar-refractivity contribution is -0.133. The minimum Gasteiger partial charge on any atom is -0.341 e. The third-order valence-electron chi connectivity index (χ3n) is 5.55. The third kappa shape index (κ3) is 3.89. The van der Waals surface area contributed by atoms with Crippen LogP contribution in [0.25, 0.3) is 0 Å². The normalized spacial score (nSPS) is 19.2. The minimum atomic E-state index is -3.17. The van der Waals surface area contributed by atoms with Crippen molar-refractivity contribution in [1.82, 2.24) is 18.8 Å². The second kappa shape index (κ2) is 7.45. The first-order valence-corrected chi connectivity index (χ1v) is 10.8. The van der Waals surface area contributed by atoms with Crippen LogP contribution in [-0.4, -0.2) is 65.0 Å². The molecule has 0 spiro atoms. The van der Waals surface area contributed by atoms with Crippen LogP contribution in [0.3, 0.4) is 0 Å². The maximum atomic E-state index is 12.6. The van der Waals surface area contributed by atoms with E-state index in [-0.39, 0.29) is 17.7 Å². The molecule has 0 N–H and O–H groups in total. The van der Waals surface area contributed by atoms with E-state index in [1.165, 1.54) is 16.4 Å². The molecular formula is C17H28N4O3S. The molecule has 1 fully saturated rings. The second-order valence-corrected chi connectivity index (χ2v) is 9.32. The summed E-state index contributed by atoms with van der Waals surface area (Å²) in [5.74, 6) is 0.221. The van der Waals surface area contributed by atoms with Gasteiger partial charge in [-0.2, -0.15) is 0 Å². The number of piperidine rings is 1. The molecule has 1 aromatic heterocycles. The highest BCUT2D eigenvalue weighted by molar-refractivity contribution is 7.89. The van der Waals surface area contributed by atoms with Gasteiger partial charge in [0.2, 0.25) is 15.9 Å². The molecule has 0 bridgehead atoms. The molecule has 8 heteroatoms. The first-order chi connectivity index (χ1) is 11.9. The highest BCUT2D eigenvalue weighted by atomic mass is 32.2. The number of aryl methyl sites for hydroxylation is 1. The number of hydrogen-bond acceptors (Lipinski definition) is 4. The van der Waals surface area contributed by atoms with Crippen molar-refractivity contribution in [2.75, 3.05) is 25.9 Å². The first kappa shape index (κ1) is 18.4. The summed E-state index contributed by atoms with van der Waals surface area (Å²) in [6, 6.07) is -0.00463. The van der Waals surface area contributed by atoms with Gasteiger partial charge in [-0.1, -0.05) is 0 Å². The van der Waals surface area contributed by atoms with E-state index in [1.54, 1.807) is 20.3 Å². The number of nitrogens with zero attached hydrogens (tertiary/aromatic N) is 4. The van der Waals surface area contributed by atoms with Crippen LogP contribution < -0.4 is 0 Å². The molecule has 1 aliphatic carbocycles. The van der Waals surface area contributed by atoms with Gasteiger partial charge in [0.05, 0.1) is 17.8 Å². The lowest BCUT2D eigenvalue weighted by Gasteiger charge is -2.36. The fourth-order valence-corrected chi connectivity index (χ4v) is 4.89. The topological polar surface area (TPSA) is 75.5 Å². The lowest BCUT2D eigenvalue weighted by Crippen LogP contribution is -2.48. The Hall–Kier alpha value is -1.41. The number of likely N-dealkylation sites (tertiary alicyclic amines) is 1. The zero-order valence-electron chi connectivity index (χ0n) is 15.1. The summed E-state index contributed by atoms with van der Waals surface area (Å²) in [6.07, 6.45) is 7.55. The molecule has 2 aliphatic rings. The van der Waals surface area contributed by atoms with Crippen molar-refractivity contribution < 1.29 is 13.2 Å². The molecular weight excluding hydrogens is 340 g/mol. The average Bonchev–Trinajstić information content (AvgIpc) is 3.04. The second-order valence-electron chi connectivity index (χ2n) is 7.00. The van der Waals surface area contributed by atoms with Gasteiger partial charge in [0.1, 0.15) is 6.54 Å². The Balaban J connectivity index is 1.56. The highest BCUT2D eigenvalue weighted by Crippen LogP contribution is 2.21. The van der Waals surface area contributed by atoms with Crippen LogP contribution in [0.2, 0.25) is 0 Å². The van der Waals surface area contributed by atoms with Crippen LogP contribution in [0.4, 0.5) is 0 Å². The number of carbonyl (C=O) groups excluding carboxylic acids is 1. The number of imidazole rings is 1. The van der Waals surface area contributed by atoms with Gasteiger partial charge in [-0.25, -0.2) is 17.7 Å². The maximum Gasteiger partial charge on any atom is 0.242 e. The monoisotopic (exact) mass is 368 g/mol. The van der Waals surface area contributed by atoms with Crippen LogP contribution in [0, 0.1) is 0 Å². The number of carbonyl (C=O) groups is 1. The Kier molecular flexibility index (Phi) is 5.48. The molecule has 1 amide bonds. The van der Waals surface area contributed by atoms with E-state index in [0.717, 1.165) is 25.0 Å². The van der Waals surface area contributed by atoms with Crippen molar-refractivity contribution in [3.8, 4) is 0 Å². The number of sulfonamides is 1. The molecule has 0 unspecified atom stereocenters. The fraction of sp³-hybridized carbons (Fsp3) is 0.765. The van der Waals surface area contributed by atoms with Gasteiger partial charge in [0, 0.05) is 31.9 Å². The predicted octanol–water partition coefficient (Wildman–Crippen LogP) is 1.03. The summed E-state index contributed by atoms with van der Waals surface area (Å²) in [4.78, 5) is 18.9. The van der Waals surface area contributed by atoms with Crippen molar-refractivity contribution in [1.29, 1.82) is 0 Å². The summed E-state index contributed by atoms with van der Waals surface area (Å²) in [6.45, 7) is 3.24. The molecule has 1 saturated heterocycles. The Morgan fingerprint density at radius 3 is 2.64 bits per heavy atom. The van der Waals surface area contributed by atoms with E-state index < -0.39 is 10.0 Å². The van der Waals surface area contributed by atoms with Crippen LogP contribution in [0.1, 0.15) is 44.0 Å². The molecule has 2 heterocycles. The third-order valence-corrected chi connectivity index (χ3v) is 7.46. The molecule has 1 aromatic rings. The van der Waals surface area contributed by atoms with Crippen LogP contribution in [0.5, 0.6) is 0 Å². The van der Waals surface area contributed by atoms with Crippen molar-refractivity contribution in [2.24, 2.45) is 0 Å². The quantitative estimate of drug-likeness (QED) is 0.778. The summed E-state index contributed by atoms with van der Waals surface area (Å²) in [5.41, 5.74) is 2.35. The number of rotatable bonds is 5. The van der Waals surface area contributed by atoms with Crippen LogP contribution in [-0.2, 0) is 34.2 Å². The Morgan fingerprint density at radius 1 is 1.28 bits per heavy atom. The van der Waals surface area contributed by atoms with Gasteiger partial charge in [0.15, 0.2) is 0 Å². The zero-order valence-corrected chi connectivity index (χ0v) is 16.0. The minimum absolute atomic E-state index is 0.00463. The zero-order chi connectivity index (χ0) is 18.0.